The number of hydrogen-bond acceptors (Lipinski definition) is 4. The Labute approximate surface area is 289 Å². The second-order valence-corrected chi connectivity index (χ2v) is 15.4. The molecule has 2 aromatic heterocycles. The number of nitrogens with one attached hydrogen (secondary N) is 4. The first-order valence-corrected chi connectivity index (χ1v) is 18.2. The molecule has 4 heterocycles. The third-order valence-electron chi connectivity index (χ3n) is 12.1. The number of rotatable bonds is 5. The van der Waals surface area contributed by atoms with E-state index in [4.69, 9.17) is 9.97 Å². The van der Waals surface area contributed by atoms with Gasteiger partial charge in [-0.05, 0) is 141 Å². The van der Waals surface area contributed by atoms with Crippen LogP contribution in [0.2, 0.25) is 0 Å². The number of benzene rings is 6. The minimum Gasteiger partial charge on any atom is -0.341 e. The largest absolute Gasteiger partial charge is 0.341 e. The summed E-state index contributed by atoms with van der Waals surface area (Å²) in [5, 5.41) is 12.4. The Hall–Kier alpha value is -5.30. The van der Waals surface area contributed by atoms with Crippen molar-refractivity contribution in [2.24, 2.45) is 11.8 Å². The lowest BCUT2D eigenvalue weighted by molar-refractivity contribution is 0.544. The third kappa shape index (κ3) is 4.48. The van der Waals surface area contributed by atoms with Crippen LogP contribution in [0.15, 0.2) is 109 Å². The first-order chi connectivity index (χ1) is 24.6. The van der Waals surface area contributed by atoms with Crippen LogP contribution in [-0.4, -0.2) is 32.0 Å². The van der Waals surface area contributed by atoms with Crippen molar-refractivity contribution in [2.45, 2.75) is 49.9 Å². The maximum atomic E-state index is 4.99. The molecule has 12 rings (SSSR count). The van der Waals surface area contributed by atoms with E-state index < -0.39 is 0 Å². The number of aromatic nitrogens is 4. The van der Waals surface area contributed by atoms with Gasteiger partial charge in [-0.25, -0.2) is 9.97 Å². The van der Waals surface area contributed by atoms with Crippen molar-refractivity contribution < 1.29 is 0 Å². The fourth-order valence-electron chi connectivity index (χ4n) is 9.01. The molecule has 4 fully saturated rings. The highest BCUT2D eigenvalue weighted by atomic mass is 15.1. The number of H-pyrrole nitrogens is 2. The highest BCUT2D eigenvalue weighted by molar-refractivity contribution is 5.95. The van der Waals surface area contributed by atoms with Crippen LogP contribution in [0.4, 0.5) is 0 Å². The molecule has 2 aliphatic heterocycles. The second kappa shape index (κ2) is 10.1. The molecule has 6 heteroatoms. The zero-order valence-electron chi connectivity index (χ0n) is 27.6. The molecule has 6 aromatic carbocycles. The number of imidazole rings is 2. The van der Waals surface area contributed by atoms with Crippen LogP contribution in [0.25, 0.3) is 77.0 Å². The highest BCUT2D eigenvalue weighted by Gasteiger charge is 2.47. The van der Waals surface area contributed by atoms with E-state index in [0.29, 0.717) is 24.2 Å². The minimum atomic E-state index is 0.367. The molecule has 0 bridgehead atoms. The van der Waals surface area contributed by atoms with Crippen LogP contribution in [0.5, 0.6) is 0 Å². The average molecular weight is 649 g/mol. The van der Waals surface area contributed by atoms with Gasteiger partial charge >= 0.3 is 0 Å². The van der Waals surface area contributed by atoms with Gasteiger partial charge in [0.15, 0.2) is 0 Å². The van der Waals surface area contributed by atoms with Gasteiger partial charge in [0.2, 0.25) is 0 Å². The molecule has 2 saturated heterocycles. The monoisotopic (exact) mass is 648 g/mol. The maximum Gasteiger partial charge on any atom is 0.124 e. The van der Waals surface area contributed by atoms with Gasteiger partial charge in [0, 0.05) is 12.1 Å². The number of nitrogens with zero attached hydrogens (tertiary/aromatic N) is 2. The molecular formula is C44H36N6. The predicted octanol–water partition coefficient (Wildman–Crippen LogP) is 9.59. The summed E-state index contributed by atoms with van der Waals surface area (Å²) in [5.41, 5.74) is 11.6. The van der Waals surface area contributed by atoms with Crippen LogP contribution in [0, 0.1) is 11.8 Å². The van der Waals surface area contributed by atoms with E-state index >= 15 is 0 Å². The summed E-state index contributed by atoms with van der Waals surface area (Å²) >= 11 is 0. The molecule has 50 heavy (non-hydrogen) atoms. The summed E-state index contributed by atoms with van der Waals surface area (Å²) in [6.45, 7) is 0. The maximum absolute atomic E-state index is 4.99. The van der Waals surface area contributed by atoms with E-state index in [1.807, 2.05) is 0 Å². The van der Waals surface area contributed by atoms with Crippen molar-refractivity contribution in [1.29, 1.82) is 0 Å². The SMILES string of the molecule is c1cc2cc(-c3ccc4[nH]c([C@@H]5CC6C[C@H]6N5)nc4c3)ccc2cc1-c1ccc2cc(-c3ccc4[nH]c([C@@H]5CC6C[C@H]6N5)nc4c3)ccc2c1. The minimum absolute atomic E-state index is 0.367. The summed E-state index contributed by atoms with van der Waals surface area (Å²) in [7, 11) is 0. The second-order valence-electron chi connectivity index (χ2n) is 15.4. The lowest BCUT2D eigenvalue weighted by Gasteiger charge is -2.09. The van der Waals surface area contributed by atoms with Crippen molar-refractivity contribution in [3.05, 3.63) is 121 Å². The molecule has 8 aromatic rings. The van der Waals surface area contributed by atoms with Crippen molar-refractivity contribution in [1.82, 2.24) is 30.6 Å². The van der Waals surface area contributed by atoms with Crippen molar-refractivity contribution in [3.63, 3.8) is 0 Å². The van der Waals surface area contributed by atoms with Gasteiger partial charge in [0.05, 0.1) is 34.2 Å². The van der Waals surface area contributed by atoms with Gasteiger partial charge in [-0.2, -0.15) is 0 Å². The Bertz CT molecular complexity index is 2480. The molecule has 4 aliphatic rings. The summed E-state index contributed by atoms with van der Waals surface area (Å²) < 4.78 is 0. The standard InChI is InChI=1S/C44H36N6/c1-3-27-15-29(31-9-11-35-39(17-31)49-43(47-35)41-21-33-19-37(33)45-41)7-5-25(27)13-23(1)24-2-4-28-16-30(8-6-26(28)14-24)32-10-12-36-40(18-32)50-44(48-36)42-22-34-20-38(34)46-42/h1-18,33-34,37-38,41-42,45-46H,19-22H2,(H,47,49)(H,48,50)/t33?,34?,37-,38-,41+,42+/m1/s1. The van der Waals surface area contributed by atoms with Gasteiger partial charge in [-0.15, -0.1) is 0 Å². The van der Waals surface area contributed by atoms with Crippen LogP contribution < -0.4 is 10.6 Å². The first-order valence-electron chi connectivity index (χ1n) is 18.2. The molecule has 6 atom stereocenters. The molecule has 0 radical (unpaired) electrons. The molecule has 2 unspecified atom stereocenters. The van der Waals surface area contributed by atoms with Gasteiger partial charge in [-0.3, -0.25) is 0 Å². The average Bonchev–Trinajstić information content (AvgIpc) is 3.73. The smallest absolute Gasteiger partial charge is 0.124 e. The van der Waals surface area contributed by atoms with E-state index in [9.17, 15) is 0 Å². The Balaban J connectivity index is 0.804. The van der Waals surface area contributed by atoms with Crippen LogP contribution >= 0.6 is 0 Å². The van der Waals surface area contributed by atoms with Gasteiger partial charge < -0.3 is 20.6 Å². The summed E-state index contributed by atoms with van der Waals surface area (Å²) in [6, 6.07) is 42.6. The summed E-state index contributed by atoms with van der Waals surface area (Å²) in [6.07, 6.45) is 5.07. The van der Waals surface area contributed by atoms with Crippen LogP contribution in [-0.2, 0) is 0 Å². The van der Waals surface area contributed by atoms with Crippen molar-refractivity contribution in [3.8, 4) is 33.4 Å². The molecule has 6 nitrogen and oxygen atoms in total. The van der Waals surface area contributed by atoms with E-state index in [-0.39, 0.29) is 0 Å². The van der Waals surface area contributed by atoms with Crippen molar-refractivity contribution in [2.75, 3.05) is 0 Å². The molecule has 4 N–H and O–H groups in total. The van der Waals surface area contributed by atoms with E-state index in [0.717, 1.165) is 45.6 Å². The number of hydrogen-bond donors (Lipinski definition) is 4. The van der Waals surface area contributed by atoms with Gasteiger partial charge in [0.1, 0.15) is 11.6 Å². The predicted molar refractivity (Wildman–Crippen MR) is 202 cm³/mol. The fourth-order valence-corrected chi connectivity index (χ4v) is 9.01. The normalized spacial score (nSPS) is 25.1. The fraction of sp³-hybridized carbons (Fsp3) is 0.227. The van der Waals surface area contributed by atoms with Gasteiger partial charge in [-0.1, -0.05) is 60.7 Å². The topological polar surface area (TPSA) is 81.4 Å². The zero-order chi connectivity index (χ0) is 32.5. The first kappa shape index (κ1) is 27.5. The summed E-state index contributed by atoms with van der Waals surface area (Å²) in [4.78, 5) is 17.1. The molecule has 2 saturated carbocycles. The lowest BCUT2D eigenvalue weighted by Crippen LogP contribution is -2.18. The Morgan fingerprint density at radius 1 is 0.400 bits per heavy atom. The Kier molecular flexibility index (Phi) is 5.57. The number of fused-ring (bicyclic) bond motifs is 6. The Morgan fingerprint density at radius 3 is 1.12 bits per heavy atom. The zero-order valence-corrected chi connectivity index (χ0v) is 27.6. The summed E-state index contributed by atoms with van der Waals surface area (Å²) in [5.74, 6) is 3.87. The molecule has 0 amide bonds. The number of piperidine rings is 2. The Morgan fingerprint density at radius 2 is 0.760 bits per heavy atom. The van der Waals surface area contributed by atoms with Crippen LogP contribution in [0.3, 0.4) is 0 Å². The molecular weight excluding hydrogens is 613 g/mol. The van der Waals surface area contributed by atoms with E-state index in [1.165, 1.54) is 80.6 Å². The quantitative estimate of drug-likeness (QED) is 0.150. The van der Waals surface area contributed by atoms with Gasteiger partial charge in [0.25, 0.3) is 0 Å². The van der Waals surface area contributed by atoms with E-state index in [2.05, 4.69) is 130 Å². The molecule has 2 aliphatic carbocycles. The number of aromatic amines is 2. The lowest BCUT2D eigenvalue weighted by atomic mass is 9.95. The molecule has 242 valence electrons. The van der Waals surface area contributed by atoms with Crippen molar-refractivity contribution >= 4 is 43.6 Å². The highest BCUT2D eigenvalue weighted by Crippen LogP contribution is 2.47. The third-order valence-corrected chi connectivity index (χ3v) is 12.1. The van der Waals surface area contributed by atoms with Crippen LogP contribution in [0.1, 0.15) is 49.4 Å². The van der Waals surface area contributed by atoms with E-state index in [1.54, 1.807) is 0 Å². The molecule has 0 spiro atoms.